The molecule has 0 rings (SSSR count). The molecule has 0 aliphatic carbocycles. The van der Waals surface area contributed by atoms with Gasteiger partial charge in [-0.25, -0.2) is 0 Å². The lowest BCUT2D eigenvalue weighted by molar-refractivity contribution is -0.141. The van der Waals surface area contributed by atoms with Crippen LogP contribution < -0.4 is 10.6 Å². The minimum Gasteiger partial charge on any atom is -0.481 e. The molecule has 0 atom stereocenters. The van der Waals surface area contributed by atoms with E-state index in [1.165, 1.54) is 4.90 Å². The lowest BCUT2D eigenvalue weighted by atomic mass is 10.2. The summed E-state index contributed by atoms with van der Waals surface area (Å²) in [6, 6.07) is 0. The molecule has 0 aromatic carbocycles. The highest BCUT2D eigenvalue weighted by Crippen LogP contribution is 1.97. The fourth-order valence-corrected chi connectivity index (χ4v) is 1.64. The van der Waals surface area contributed by atoms with Crippen LogP contribution in [-0.2, 0) is 19.2 Å². The van der Waals surface area contributed by atoms with Gasteiger partial charge in [-0.1, -0.05) is 14.9 Å². The first-order chi connectivity index (χ1) is 12.8. The SMILES string of the molecule is C.C.O=C(CC(=O)NCCO)NCCO.O=C(O)CCC(=O)N(CCO)CCO. The highest BCUT2D eigenvalue weighted by Gasteiger charge is 2.13. The fraction of sp³-hybridized carbons (Fsp3) is 0.765. The number of nitrogens with one attached hydrogen (secondary N) is 2. The van der Waals surface area contributed by atoms with Crippen molar-refractivity contribution >= 4 is 23.7 Å². The van der Waals surface area contributed by atoms with E-state index in [1.807, 2.05) is 0 Å². The Kier molecular flexibility index (Phi) is 28.1. The van der Waals surface area contributed by atoms with Crippen molar-refractivity contribution in [3.63, 3.8) is 0 Å². The van der Waals surface area contributed by atoms with Gasteiger partial charge in [-0.3, -0.25) is 19.2 Å². The van der Waals surface area contributed by atoms with Crippen molar-refractivity contribution in [2.24, 2.45) is 0 Å². The van der Waals surface area contributed by atoms with E-state index in [0.717, 1.165) is 0 Å². The molecule has 7 N–H and O–H groups in total. The third-order valence-corrected chi connectivity index (χ3v) is 2.83. The number of carbonyl (C=O) groups is 4. The van der Waals surface area contributed by atoms with Crippen LogP contribution in [0.15, 0.2) is 0 Å². The first kappa shape index (κ1) is 34.2. The Hall–Kier alpha value is -2.28. The summed E-state index contributed by atoms with van der Waals surface area (Å²) in [6.45, 7) is -0.151. The number of aliphatic carboxylic acids is 1. The molecule has 0 saturated carbocycles. The first-order valence-electron chi connectivity index (χ1n) is 8.28. The molecule has 174 valence electrons. The van der Waals surface area contributed by atoms with Crippen LogP contribution >= 0.6 is 0 Å². The van der Waals surface area contributed by atoms with Crippen LogP contribution in [0.1, 0.15) is 34.1 Å². The summed E-state index contributed by atoms with van der Waals surface area (Å²) in [6.07, 6.45) is -0.610. The van der Waals surface area contributed by atoms with E-state index in [-0.39, 0.29) is 92.6 Å². The molecule has 0 bridgehead atoms. The van der Waals surface area contributed by atoms with Crippen LogP contribution in [0.4, 0.5) is 0 Å². The summed E-state index contributed by atoms with van der Waals surface area (Å²) in [5, 5.41) is 46.9. The molecular formula is C17H37N3O9. The number of carboxylic acids is 1. The molecule has 0 radical (unpaired) electrons. The maximum absolute atomic E-state index is 11.3. The maximum Gasteiger partial charge on any atom is 0.303 e. The number of hydrogen-bond donors (Lipinski definition) is 7. The Morgan fingerprint density at radius 3 is 1.41 bits per heavy atom. The van der Waals surface area contributed by atoms with Gasteiger partial charge in [0.2, 0.25) is 17.7 Å². The van der Waals surface area contributed by atoms with Crippen molar-refractivity contribution in [1.29, 1.82) is 0 Å². The third kappa shape index (κ3) is 23.7. The molecule has 3 amide bonds. The monoisotopic (exact) mass is 427 g/mol. The summed E-state index contributed by atoms with van der Waals surface area (Å²) >= 11 is 0. The van der Waals surface area contributed by atoms with Crippen molar-refractivity contribution < 1.29 is 44.7 Å². The molecule has 0 aliphatic rings. The van der Waals surface area contributed by atoms with E-state index >= 15 is 0 Å². The van der Waals surface area contributed by atoms with Crippen LogP contribution in [0.3, 0.4) is 0 Å². The predicted molar refractivity (Wildman–Crippen MR) is 106 cm³/mol. The van der Waals surface area contributed by atoms with Gasteiger partial charge in [0.25, 0.3) is 0 Å². The van der Waals surface area contributed by atoms with Crippen LogP contribution in [0, 0.1) is 0 Å². The van der Waals surface area contributed by atoms with Crippen LogP contribution in [0.25, 0.3) is 0 Å². The van der Waals surface area contributed by atoms with E-state index in [1.54, 1.807) is 0 Å². The Morgan fingerprint density at radius 2 is 1.10 bits per heavy atom. The number of hydrogen-bond acceptors (Lipinski definition) is 8. The number of nitrogens with zero attached hydrogens (tertiary/aromatic N) is 1. The number of rotatable bonds is 13. The van der Waals surface area contributed by atoms with Gasteiger partial charge in [-0.05, 0) is 0 Å². The number of aliphatic hydroxyl groups is 4. The minimum atomic E-state index is -1.04. The van der Waals surface area contributed by atoms with Crippen LogP contribution in [-0.4, -0.2) is 107 Å². The zero-order chi connectivity index (χ0) is 21.1. The molecule has 0 saturated heterocycles. The van der Waals surface area contributed by atoms with Gasteiger partial charge >= 0.3 is 5.97 Å². The summed E-state index contributed by atoms with van der Waals surface area (Å²) in [4.78, 5) is 44.3. The summed E-state index contributed by atoms with van der Waals surface area (Å²) < 4.78 is 0. The van der Waals surface area contributed by atoms with Crippen molar-refractivity contribution in [2.75, 3.05) is 52.6 Å². The number of carbonyl (C=O) groups excluding carboxylic acids is 3. The van der Waals surface area contributed by atoms with E-state index in [2.05, 4.69) is 10.6 Å². The van der Waals surface area contributed by atoms with Crippen molar-refractivity contribution in [3.8, 4) is 0 Å². The molecule has 0 aromatic heterocycles. The first-order valence-corrected chi connectivity index (χ1v) is 8.28. The second-order valence-corrected chi connectivity index (χ2v) is 5.05. The Morgan fingerprint density at radius 1 is 0.690 bits per heavy atom. The van der Waals surface area contributed by atoms with Gasteiger partial charge in [0.1, 0.15) is 6.42 Å². The zero-order valence-corrected chi connectivity index (χ0v) is 15.1. The summed E-state index contributed by atoms with van der Waals surface area (Å²) in [5.74, 6) is -2.28. The summed E-state index contributed by atoms with van der Waals surface area (Å²) in [7, 11) is 0. The maximum atomic E-state index is 11.3. The quantitative estimate of drug-likeness (QED) is 0.156. The molecule has 12 nitrogen and oxygen atoms in total. The fourth-order valence-electron chi connectivity index (χ4n) is 1.64. The number of aliphatic hydroxyl groups excluding tert-OH is 4. The molecular weight excluding hydrogens is 390 g/mol. The standard InChI is InChI=1S/C8H15NO5.C7H14N2O4.2CH4/c10-5-3-9(4-6-11)7(12)1-2-8(13)14;10-3-1-8-6(12)5-7(13)9-2-4-11;;/h10-11H,1-6H2,(H,13,14);10-11H,1-5H2,(H,8,12)(H,9,13);2*1H4. The second kappa shape index (κ2) is 23.8. The van der Waals surface area contributed by atoms with Crippen LogP contribution in [0.5, 0.6) is 0 Å². The van der Waals surface area contributed by atoms with E-state index in [4.69, 9.17) is 25.5 Å². The number of amides is 3. The Labute approximate surface area is 171 Å². The van der Waals surface area contributed by atoms with Gasteiger partial charge in [0.15, 0.2) is 0 Å². The lowest BCUT2D eigenvalue weighted by Gasteiger charge is -2.20. The van der Waals surface area contributed by atoms with Gasteiger partial charge in [-0.15, -0.1) is 0 Å². The highest BCUT2D eigenvalue weighted by atomic mass is 16.4. The Balaban J connectivity index is -0.000000202. The Bertz CT molecular complexity index is 424. The largest absolute Gasteiger partial charge is 0.481 e. The van der Waals surface area contributed by atoms with E-state index < -0.39 is 17.8 Å². The predicted octanol–water partition coefficient (Wildman–Crippen LogP) is -2.47. The second-order valence-electron chi connectivity index (χ2n) is 5.05. The van der Waals surface area contributed by atoms with Crippen LogP contribution in [0.2, 0.25) is 0 Å². The molecule has 12 heteroatoms. The van der Waals surface area contributed by atoms with Crippen molar-refractivity contribution in [2.45, 2.75) is 34.1 Å². The zero-order valence-electron chi connectivity index (χ0n) is 15.1. The van der Waals surface area contributed by atoms with Gasteiger partial charge in [0.05, 0.1) is 32.8 Å². The highest BCUT2D eigenvalue weighted by molar-refractivity contribution is 5.96. The molecule has 0 aromatic rings. The molecule has 0 aliphatic heterocycles. The molecule has 0 spiro atoms. The average Bonchev–Trinajstić information content (AvgIpc) is 2.63. The van der Waals surface area contributed by atoms with E-state index in [0.29, 0.717) is 0 Å². The summed E-state index contributed by atoms with van der Waals surface area (Å²) in [5.41, 5.74) is 0. The molecule has 0 heterocycles. The molecule has 0 fully saturated rings. The lowest BCUT2D eigenvalue weighted by Crippen LogP contribution is -2.35. The van der Waals surface area contributed by atoms with E-state index in [9.17, 15) is 19.2 Å². The molecule has 29 heavy (non-hydrogen) atoms. The third-order valence-electron chi connectivity index (χ3n) is 2.83. The van der Waals surface area contributed by atoms with Gasteiger partial charge in [0, 0.05) is 32.6 Å². The van der Waals surface area contributed by atoms with Crippen molar-refractivity contribution in [1.82, 2.24) is 15.5 Å². The molecule has 0 unspecified atom stereocenters. The van der Waals surface area contributed by atoms with Crippen molar-refractivity contribution in [3.05, 3.63) is 0 Å². The number of carboxylic acid groups (broad SMARTS) is 1. The van der Waals surface area contributed by atoms with Gasteiger partial charge < -0.3 is 41.1 Å². The normalized spacial score (nSPS) is 8.97. The topological polar surface area (TPSA) is 197 Å². The smallest absolute Gasteiger partial charge is 0.303 e. The minimum absolute atomic E-state index is 0. The average molecular weight is 427 g/mol. The van der Waals surface area contributed by atoms with Gasteiger partial charge in [-0.2, -0.15) is 0 Å².